The van der Waals surface area contributed by atoms with Crippen LogP contribution in [0, 0.1) is 6.92 Å². The number of likely N-dealkylation sites (N-methyl/N-ethyl adjacent to an activating group) is 1. The molecule has 0 spiro atoms. The van der Waals surface area contributed by atoms with E-state index in [0.29, 0.717) is 12.1 Å². The van der Waals surface area contributed by atoms with Gasteiger partial charge in [0.05, 0.1) is 10.6 Å². The second kappa shape index (κ2) is 12.2. The van der Waals surface area contributed by atoms with Gasteiger partial charge in [-0.15, -0.1) is 0 Å². The molecule has 0 aliphatic rings. The number of hydrogen-bond acceptors (Lipinski definition) is 4. The molecular formula is C27H30BrN3O4S. The summed E-state index contributed by atoms with van der Waals surface area (Å²) in [5.74, 6) is -0.781. The average molecular weight is 573 g/mol. The summed E-state index contributed by atoms with van der Waals surface area (Å²) in [6.07, 6.45) is 0.376. The van der Waals surface area contributed by atoms with Gasteiger partial charge in [0.1, 0.15) is 12.6 Å². The largest absolute Gasteiger partial charge is 0.357 e. The molecule has 7 nitrogen and oxygen atoms in total. The minimum Gasteiger partial charge on any atom is -0.357 e. The Morgan fingerprint density at radius 2 is 1.56 bits per heavy atom. The van der Waals surface area contributed by atoms with Gasteiger partial charge in [0.15, 0.2) is 0 Å². The summed E-state index contributed by atoms with van der Waals surface area (Å²) >= 11 is 3.37. The quantitative estimate of drug-likeness (QED) is 0.388. The fourth-order valence-corrected chi connectivity index (χ4v) is 5.61. The molecule has 1 atom stereocenters. The third-order valence-corrected chi connectivity index (χ3v) is 8.28. The number of carbonyl (C=O) groups excluding carboxylic acids is 2. The number of rotatable bonds is 10. The highest BCUT2D eigenvalue weighted by Crippen LogP contribution is 2.26. The maximum absolute atomic E-state index is 13.8. The minimum absolute atomic E-state index is 0.0736. The van der Waals surface area contributed by atoms with E-state index in [1.807, 2.05) is 38.1 Å². The van der Waals surface area contributed by atoms with Crippen LogP contribution in [0.5, 0.6) is 0 Å². The van der Waals surface area contributed by atoms with Crippen molar-refractivity contribution < 1.29 is 18.0 Å². The van der Waals surface area contributed by atoms with Crippen LogP contribution in [0.25, 0.3) is 0 Å². The summed E-state index contributed by atoms with van der Waals surface area (Å²) in [6, 6.07) is 21.6. The highest BCUT2D eigenvalue weighted by Gasteiger charge is 2.33. The van der Waals surface area contributed by atoms with Gasteiger partial charge in [-0.05, 0) is 60.9 Å². The molecule has 36 heavy (non-hydrogen) atoms. The van der Waals surface area contributed by atoms with Crippen molar-refractivity contribution in [3.63, 3.8) is 0 Å². The van der Waals surface area contributed by atoms with Gasteiger partial charge in [0.2, 0.25) is 11.8 Å². The molecule has 3 rings (SSSR count). The van der Waals surface area contributed by atoms with Gasteiger partial charge in [-0.3, -0.25) is 13.9 Å². The Hall–Kier alpha value is -3.17. The topological polar surface area (TPSA) is 86.8 Å². The van der Waals surface area contributed by atoms with Crippen LogP contribution >= 0.6 is 15.9 Å². The number of amides is 2. The Morgan fingerprint density at radius 3 is 2.14 bits per heavy atom. The first-order chi connectivity index (χ1) is 17.2. The number of benzene rings is 3. The van der Waals surface area contributed by atoms with E-state index in [1.165, 1.54) is 24.1 Å². The van der Waals surface area contributed by atoms with E-state index in [0.717, 1.165) is 19.9 Å². The SMILES string of the molecule is CCC(C(=O)NC)N(Cc1ccccc1C)C(=O)CN(c1ccc(Br)cc1)S(=O)(=O)c1ccccc1. The van der Waals surface area contributed by atoms with Crippen molar-refractivity contribution in [2.45, 2.75) is 37.8 Å². The maximum Gasteiger partial charge on any atom is 0.264 e. The number of hydrogen-bond donors (Lipinski definition) is 1. The minimum atomic E-state index is -4.06. The molecule has 0 aliphatic heterocycles. The van der Waals surface area contributed by atoms with E-state index >= 15 is 0 Å². The molecule has 0 bridgehead atoms. The molecule has 0 aliphatic carbocycles. The highest BCUT2D eigenvalue weighted by atomic mass is 79.9. The van der Waals surface area contributed by atoms with Gasteiger partial charge in [-0.25, -0.2) is 8.42 Å². The number of nitrogens with one attached hydrogen (secondary N) is 1. The number of carbonyl (C=O) groups is 2. The second-order valence-electron chi connectivity index (χ2n) is 8.29. The molecule has 0 aromatic heterocycles. The van der Waals surface area contributed by atoms with E-state index in [9.17, 15) is 18.0 Å². The third-order valence-electron chi connectivity index (χ3n) is 5.96. The van der Waals surface area contributed by atoms with E-state index in [2.05, 4.69) is 21.2 Å². The van der Waals surface area contributed by atoms with Crippen molar-refractivity contribution in [1.29, 1.82) is 0 Å². The Labute approximate surface area is 221 Å². The molecule has 190 valence electrons. The smallest absolute Gasteiger partial charge is 0.264 e. The lowest BCUT2D eigenvalue weighted by atomic mass is 10.1. The first-order valence-corrected chi connectivity index (χ1v) is 13.8. The summed E-state index contributed by atoms with van der Waals surface area (Å²) in [5, 5.41) is 2.63. The lowest BCUT2D eigenvalue weighted by Gasteiger charge is -2.33. The molecular weight excluding hydrogens is 542 g/mol. The summed E-state index contributed by atoms with van der Waals surface area (Å²) in [6.45, 7) is 3.48. The normalized spacial score (nSPS) is 12.0. The number of nitrogens with zero attached hydrogens (tertiary/aromatic N) is 2. The van der Waals surface area contributed by atoms with Crippen molar-refractivity contribution in [2.75, 3.05) is 17.9 Å². The molecule has 3 aromatic carbocycles. The van der Waals surface area contributed by atoms with Crippen LogP contribution in [0.3, 0.4) is 0 Å². The van der Waals surface area contributed by atoms with Gasteiger partial charge >= 0.3 is 0 Å². The molecule has 3 aromatic rings. The van der Waals surface area contributed by atoms with Crippen LogP contribution in [0.15, 0.2) is 88.2 Å². The van der Waals surface area contributed by atoms with Crippen LogP contribution in [0.4, 0.5) is 5.69 Å². The number of sulfonamides is 1. The molecule has 9 heteroatoms. The fraction of sp³-hybridized carbons (Fsp3) is 0.259. The van der Waals surface area contributed by atoms with Gasteiger partial charge in [-0.1, -0.05) is 65.3 Å². The first kappa shape index (κ1) is 27.4. The predicted octanol–water partition coefficient (Wildman–Crippen LogP) is 4.51. The van der Waals surface area contributed by atoms with Crippen LogP contribution in [-0.4, -0.2) is 44.8 Å². The maximum atomic E-state index is 13.8. The van der Waals surface area contributed by atoms with E-state index in [1.54, 1.807) is 42.5 Å². The monoisotopic (exact) mass is 571 g/mol. The van der Waals surface area contributed by atoms with Crippen molar-refractivity contribution in [2.24, 2.45) is 0 Å². The van der Waals surface area contributed by atoms with E-state index in [4.69, 9.17) is 0 Å². The first-order valence-electron chi connectivity index (χ1n) is 11.6. The van der Waals surface area contributed by atoms with E-state index in [-0.39, 0.29) is 17.3 Å². The third kappa shape index (κ3) is 6.33. The van der Waals surface area contributed by atoms with Crippen molar-refractivity contribution in [1.82, 2.24) is 10.2 Å². The summed E-state index contributed by atoms with van der Waals surface area (Å²) in [5.41, 5.74) is 2.21. The molecule has 1 N–H and O–H groups in total. The van der Waals surface area contributed by atoms with Gasteiger partial charge in [0, 0.05) is 18.1 Å². The Morgan fingerprint density at radius 1 is 0.944 bits per heavy atom. The van der Waals surface area contributed by atoms with Crippen LogP contribution in [0.2, 0.25) is 0 Å². The van der Waals surface area contributed by atoms with Crippen LogP contribution < -0.4 is 9.62 Å². The molecule has 0 heterocycles. The number of aryl methyl sites for hydroxylation is 1. The lowest BCUT2D eigenvalue weighted by Crippen LogP contribution is -2.51. The fourth-order valence-electron chi connectivity index (χ4n) is 3.91. The molecule has 0 radical (unpaired) electrons. The Balaban J connectivity index is 2.05. The Bertz CT molecular complexity index is 1300. The highest BCUT2D eigenvalue weighted by molar-refractivity contribution is 9.10. The van der Waals surface area contributed by atoms with E-state index < -0.39 is 28.5 Å². The van der Waals surface area contributed by atoms with Crippen LogP contribution in [-0.2, 0) is 26.2 Å². The van der Waals surface area contributed by atoms with Gasteiger partial charge in [0.25, 0.3) is 10.0 Å². The zero-order valence-electron chi connectivity index (χ0n) is 20.5. The van der Waals surface area contributed by atoms with Gasteiger partial charge in [-0.2, -0.15) is 0 Å². The predicted molar refractivity (Wildman–Crippen MR) is 145 cm³/mol. The van der Waals surface area contributed by atoms with Crippen molar-refractivity contribution in [3.05, 3.63) is 94.5 Å². The molecule has 0 saturated carbocycles. The average Bonchev–Trinajstić information content (AvgIpc) is 2.89. The Kier molecular flexibility index (Phi) is 9.28. The standard InChI is InChI=1S/C27H30BrN3O4S/c1-4-25(27(33)29-3)30(18-21-11-9-8-10-20(21)2)26(32)19-31(23-16-14-22(28)15-17-23)36(34,35)24-12-6-5-7-13-24/h5-17,25H,4,18-19H2,1-3H3,(H,29,33). The summed E-state index contributed by atoms with van der Waals surface area (Å²) < 4.78 is 29.2. The molecule has 1 unspecified atom stereocenters. The number of anilines is 1. The lowest BCUT2D eigenvalue weighted by molar-refractivity contribution is -0.140. The summed E-state index contributed by atoms with van der Waals surface area (Å²) in [4.78, 5) is 28.1. The zero-order valence-corrected chi connectivity index (χ0v) is 22.9. The van der Waals surface area contributed by atoms with Crippen LogP contribution in [0.1, 0.15) is 24.5 Å². The van der Waals surface area contributed by atoms with Crippen molar-refractivity contribution in [3.8, 4) is 0 Å². The van der Waals surface area contributed by atoms with Crippen molar-refractivity contribution >= 4 is 43.5 Å². The number of halogens is 1. The molecule has 0 saturated heterocycles. The van der Waals surface area contributed by atoms with Gasteiger partial charge < -0.3 is 10.2 Å². The zero-order chi connectivity index (χ0) is 26.3. The summed E-state index contributed by atoms with van der Waals surface area (Å²) in [7, 11) is -2.54. The molecule has 0 fully saturated rings. The molecule has 2 amide bonds. The second-order valence-corrected chi connectivity index (χ2v) is 11.1.